The molecular weight excluding hydrogens is 132 g/mol. The number of carbonyl (C=O) groups excluding carboxylic acids is 1. The topological polar surface area (TPSA) is 68.1 Å². The molecule has 10 heavy (non-hydrogen) atoms. The van der Waals surface area contributed by atoms with Gasteiger partial charge in [-0.15, -0.1) is 10.2 Å². The quantitative estimate of drug-likeness (QED) is 0.407. The van der Waals surface area contributed by atoms with Crippen LogP contribution in [-0.4, -0.2) is 21.5 Å². The van der Waals surface area contributed by atoms with Crippen LogP contribution in [-0.2, 0) is 4.79 Å². The van der Waals surface area contributed by atoms with Gasteiger partial charge in [-0.2, -0.15) is 4.99 Å². The zero-order chi connectivity index (χ0) is 7.40. The van der Waals surface area contributed by atoms with Gasteiger partial charge in [0.2, 0.25) is 6.08 Å². The number of aromatic nitrogens is 3. The van der Waals surface area contributed by atoms with E-state index in [2.05, 4.69) is 20.4 Å². The van der Waals surface area contributed by atoms with Crippen molar-refractivity contribution in [2.45, 2.75) is 6.92 Å². The molecule has 0 bridgehead atoms. The highest BCUT2D eigenvalue weighted by Gasteiger charge is 1.94. The van der Waals surface area contributed by atoms with Gasteiger partial charge in [-0.3, -0.25) is 0 Å². The van der Waals surface area contributed by atoms with Crippen LogP contribution in [0.5, 0.6) is 0 Å². The maximum Gasteiger partial charge on any atom is 0.240 e. The minimum absolute atomic E-state index is 0.407. The Kier molecular flexibility index (Phi) is 1.82. The van der Waals surface area contributed by atoms with Gasteiger partial charge in [0.25, 0.3) is 0 Å². The molecule has 5 nitrogen and oxygen atoms in total. The molecule has 1 heterocycles. The molecule has 0 aliphatic heterocycles. The van der Waals surface area contributed by atoms with Crippen molar-refractivity contribution in [1.82, 2.24) is 15.4 Å². The monoisotopic (exact) mass is 136 g/mol. The van der Waals surface area contributed by atoms with Crippen molar-refractivity contribution in [2.24, 2.45) is 4.99 Å². The van der Waals surface area contributed by atoms with E-state index in [1.54, 1.807) is 6.92 Å². The molecule has 0 aliphatic rings. The van der Waals surface area contributed by atoms with Gasteiger partial charge in [0.1, 0.15) is 5.69 Å². The lowest BCUT2D eigenvalue weighted by atomic mass is 10.4. The lowest BCUT2D eigenvalue weighted by Crippen LogP contribution is -1.88. The standard InChI is InChI=1S/C5H4N4O/c1-4-5(6-3-10)2-7-9-8-4/h2H,1H3. The smallest absolute Gasteiger partial charge is 0.211 e. The minimum Gasteiger partial charge on any atom is -0.211 e. The molecule has 0 saturated heterocycles. The molecule has 5 heteroatoms. The van der Waals surface area contributed by atoms with Gasteiger partial charge in [0.15, 0.2) is 0 Å². The molecule has 0 unspecified atom stereocenters. The maximum absolute atomic E-state index is 9.76. The SMILES string of the molecule is Cc1nnncc1N=C=O. The Morgan fingerprint density at radius 1 is 1.70 bits per heavy atom. The van der Waals surface area contributed by atoms with Crippen LogP contribution in [0.2, 0.25) is 0 Å². The van der Waals surface area contributed by atoms with Crippen LogP contribution < -0.4 is 0 Å². The summed E-state index contributed by atoms with van der Waals surface area (Å²) in [6.07, 6.45) is 2.75. The fourth-order valence-electron chi connectivity index (χ4n) is 0.477. The Labute approximate surface area is 56.8 Å². The fourth-order valence-corrected chi connectivity index (χ4v) is 0.477. The molecule has 0 aromatic carbocycles. The van der Waals surface area contributed by atoms with Crippen LogP contribution in [0, 0.1) is 6.92 Å². The second kappa shape index (κ2) is 2.80. The molecule has 1 aromatic rings. The third-order valence-electron chi connectivity index (χ3n) is 0.963. The highest BCUT2D eigenvalue weighted by Crippen LogP contribution is 2.09. The van der Waals surface area contributed by atoms with Gasteiger partial charge < -0.3 is 0 Å². The highest BCUT2D eigenvalue weighted by atomic mass is 16.1. The molecular formula is C5H4N4O. The van der Waals surface area contributed by atoms with Crippen molar-refractivity contribution in [3.8, 4) is 0 Å². The van der Waals surface area contributed by atoms with Crippen molar-refractivity contribution in [3.63, 3.8) is 0 Å². The molecule has 0 spiro atoms. The largest absolute Gasteiger partial charge is 0.240 e. The summed E-state index contributed by atoms with van der Waals surface area (Å²) in [5.41, 5.74) is 0.975. The summed E-state index contributed by atoms with van der Waals surface area (Å²) in [6, 6.07) is 0. The summed E-state index contributed by atoms with van der Waals surface area (Å²) < 4.78 is 0. The number of hydrogen-bond acceptors (Lipinski definition) is 5. The molecule has 0 atom stereocenters. The fraction of sp³-hybridized carbons (Fsp3) is 0.200. The van der Waals surface area contributed by atoms with Crippen LogP contribution in [0.1, 0.15) is 5.69 Å². The Morgan fingerprint density at radius 2 is 2.50 bits per heavy atom. The van der Waals surface area contributed by atoms with Crippen LogP contribution in [0.3, 0.4) is 0 Å². The Balaban J connectivity index is 3.14. The summed E-state index contributed by atoms with van der Waals surface area (Å²) >= 11 is 0. The van der Waals surface area contributed by atoms with Crippen molar-refractivity contribution in [1.29, 1.82) is 0 Å². The third kappa shape index (κ3) is 1.21. The molecule has 0 aliphatic carbocycles. The molecule has 1 aromatic heterocycles. The van der Waals surface area contributed by atoms with Crippen LogP contribution in [0.4, 0.5) is 5.69 Å². The summed E-state index contributed by atoms with van der Waals surface area (Å²) in [4.78, 5) is 13.1. The average Bonchev–Trinajstić information content (AvgIpc) is 1.94. The normalized spacial score (nSPS) is 8.50. The van der Waals surface area contributed by atoms with Gasteiger partial charge in [-0.1, -0.05) is 0 Å². The van der Waals surface area contributed by atoms with E-state index in [9.17, 15) is 4.79 Å². The first-order chi connectivity index (χ1) is 4.84. The lowest BCUT2D eigenvalue weighted by molar-refractivity contribution is 0.565. The number of isocyanates is 1. The van der Waals surface area contributed by atoms with E-state index in [1.807, 2.05) is 0 Å². The number of aliphatic imine (C=N–C) groups is 1. The molecule has 0 N–H and O–H groups in total. The minimum atomic E-state index is 0.407. The van der Waals surface area contributed by atoms with E-state index in [4.69, 9.17) is 0 Å². The van der Waals surface area contributed by atoms with Crippen molar-refractivity contribution >= 4 is 11.8 Å². The first-order valence-corrected chi connectivity index (χ1v) is 2.57. The molecule has 1 rings (SSSR count). The van der Waals surface area contributed by atoms with Crippen LogP contribution in [0.15, 0.2) is 11.2 Å². The van der Waals surface area contributed by atoms with E-state index in [-0.39, 0.29) is 0 Å². The Morgan fingerprint density at radius 3 is 3.10 bits per heavy atom. The number of aryl methyl sites for hydroxylation is 1. The highest BCUT2D eigenvalue weighted by molar-refractivity contribution is 5.48. The van der Waals surface area contributed by atoms with Crippen molar-refractivity contribution in [3.05, 3.63) is 11.9 Å². The van der Waals surface area contributed by atoms with Gasteiger partial charge in [0, 0.05) is 0 Å². The van der Waals surface area contributed by atoms with Gasteiger partial charge in [-0.05, 0) is 12.1 Å². The lowest BCUT2D eigenvalue weighted by Gasteiger charge is -1.89. The van der Waals surface area contributed by atoms with Gasteiger partial charge in [0.05, 0.1) is 11.9 Å². The third-order valence-corrected chi connectivity index (χ3v) is 0.963. The summed E-state index contributed by atoms with van der Waals surface area (Å²) in [7, 11) is 0. The average molecular weight is 136 g/mol. The second-order valence-corrected chi connectivity index (χ2v) is 1.61. The predicted molar refractivity (Wildman–Crippen MR) is 32.3 cm³/mol. The van der Waals surface area contributed by atoms with E-state index in [1.165, 1.54) is 12.3 Å². The maximum atomic E-state index is 9.76. The second-order valence-electron chi connectivity index (χ2n) is 1.61. The Bertz CT molecular complexity index is 279. The number of rotatable bonds is 1. The van der Waals surface area contributed by atoms with E-state index in [0.717, 1.165) is 0 Å². The molecule has 0 amide bonds. The van der Waals surface area contributed by atoms with Crippen molar-refractivity contribution in [2.75, 3.05) is 0 Å². The van der Waals surface area contributed by atoms with E-state index < -0.39 is 0 Å². The first kappa shape index (κ1) is 6.51. The zero-order valence-electron chi connectivity index (χ0n) is 5.27. The molecule has 0 radical (unpaired) electrons. The molecule has 50 valence electrons. The van der Waals surface area contributed by atoms with E-state index in [0.29, 0.717) is 11.4 Å². The zero-order valence-corrected chi connectivity index (χ0v) is 5.27. The van der Waals surface area contributed by atoms with Crippen LogP contribution >= 0.6 is 0 Å². The summed E-state index contributed by atoms with van der Waals surface area (Å²) in [5.74, 6) is 0. The number of hydrogen-bond donors (Lipinski definition) is 0. The predicted octanol–water partition coefficient (Wildman–Crippen LogP) is 0.147. The summed E-state index contributed by atoms with van der Waals surface area (Å²) in [6.45, 7) is 1.69. The molecule has 0 fully saturated rings. The molecule has 0 saturated carbocycles. The van der Waals surface area contributed by atoms with Crippen LogP contribution in [0.25, 0.3) is 0 Å². The van der Waals surface area contributed by atoms with Gasteiger partial charge in [-0.25, -0.2) is 4.79 Å². The van der Waals surface area contributed by atoms with E-state index >= 15 is 0 Å². The van der Waals surface area contributed by atoms with Crippen molar-refractivity contribution < 1.29 is 4.79 Å². The first-order valence-electron chi connectivity index (χ1n) is 2.57. The number of nitrogens with zero attached hydrogens (tertiary/aromatic N) is 4. The summed E-state index contributed by atoms with van der Waals surface area (Å²) in [5, 5.41) is 10.3. The van der Waals surface area contributed by atoms with Gasteiger partial charge >= 0.3 is 0 Å². The Hall–Kier alpha value is -1.61.